The largest absolute Gasteiger partial charge is 0.493 e. The summed E-state index contributed by atoms with van der Waals surface area (Å²) in [7, 11) is 1.97. The molecule has 0 saturated carbocycles. The van der Waals surface area contributed by atoms with Crippen LogP contribution in [0.15, 0.2) is 29.3 Å². The second-order valence-electron chi connectivity index (χ2n) is 7.29. The first-order valence-corrected chi connectivity index (χ1v) is 9.92. The van der Waals surface area contributed by atoms with Crippen LogP contribution in [0.25, 0.3) is 0 Å². The van der Waals surface area contributed by atoms with Gasteiger partial charge in [0.25, 0.3) is 0 Å². The van der Waals surface area contributed by atoms with Gasteiger partial charge in [0.2, 0.25) is 0 Å². The number of rotatable bonds is 4. The molecule has 0 aliphatic carbocycles. The Hall–Kier alpha value is -2.61. The van der Waals surface area contributed by atoms with E-state index in [1.54, 1.807) is 0 Å². The molecule has 1 saturated heterocycles. The molecule has 1 unspecified atom stereocenters. The van der Waals surface area contributed by atoms with Crippen LogP contribution in [0.3, 0.4) is 0 Å². The molecule has 2 N–H and O–H groups in total. The Balaban J connectivity index is 1.52. The number of hydrogen-bond donors (Lipinski definition) is 2. The summed E-state index contributed by atoms with van der Waals surface area (Å²) in [4.78, 5) is 4.82. The standard InChI is InChI=1S/C20H28N6O2/c1-14-24-25-19(26(14)2)13-21-20(22-15-7-10-27-11-8-15)23-17-9-12-28-18-6-4-3-5-16(17)18/h3-6,15,17H,7-13H2,1-2H3,(H2,21,22,23). The lowest BCUT2D eigenvalue weighted by Crippen LogP contribution is -2.47. The van der Waals surface area contributed by atoms with Crippen molar-refractivity contribution in [2.45, 2.75) is 44.8 Å². The number of nitrogens with one attached hydrogen (secondary N) is 2. The highest BCUT2D eigenvalue weighted by Crippen LogP contribution is 2.31. The van der Waals surface area contributed by atoms with Crippen molar-refractivity contribution < 1.29 is 9.47 Å². The molecule has 0 spiro atoms. The zero-order valence-corrected chi connectivity index (χ0v) is 16.5. The van der Waals surface area contributed by atoms with Gasteiger partial charge in [-0.25, -0.2) is 4.99 Å². The number of benzene rings is 1. The summed E-state index contributed by atoms with van der Waals surface area (Å²) in [6.07, 6.45) is 2.86. The summed E-state index contributed by atoms with van der Waals surface area (Å²) in [6, 6.07) is 8.71. The van der Waals surface area contributed by atoms with Crippen molar-refractivity contribution in [1.82, 2.24) is 25.4 Å². The average Bonchev–Trinajstić information content (AvgIpc) is 3.05. The van der Waals surface area contributed by atoms with Crippen LogP contribution >= 0.6 is 0 Å². The molecule has 150 valence electrons. The highest BCUT2D eigenvalue weighted by molar-refractivity contribution is 5.80. The monoisotopic (exact) mass is 384 g/mol. The molecule has 8 heteroatoms. The number of aryl methyl sites for hydroxylation is 1. The Kier molecular flexibility index (Phi) is 5.76. The Labute approximate surface area is 165 Å². The van der Waals surface area contributed by atoms with Gasteiger partial charge in [-0.2, -0.15) is 0 Å². The van der Waals surface area contributed by atoms with Gasteiger partial charge in [-0.05, 0) is 25.8 Å². The molecule has 0 bridgehead atoms. The predicted molar refractivity (Wildman–Crippen MR) is 106 cm³/mol. The van der Waals surface area contributed by atoms with Gasteiger partial charge in [0.05, 0.1) is 12.6 Å². The van der Waals surface area contributed by atoms with E-state index in [9.17, 15) is 0 Å². The third kappa shape index (κ3) is 4.27. The van der Waals surface area contributed by atoms with Crippen LogP contribution in [0.1, 0.15) is 42.5 Å². The van der Waals surface area contributed by atoms with E-state index in [1.165, 1.54) is 5.56 Å². The number of fused-ring (bicyclic) bond motifs is 1. The zero-order chi connectivity index (χ0) is 19.3. The lowest BCUT2D eigenvalue weighted by atomic mass is 10.0. The number of para-hydroxylation sites is 1. The van der Waals surface area contributed by atoms with Crippen molar-refractivity contribution in [3.8, 4) is 5.75 Å². The Morgan fingerprint density at radius 1 is 1.14 bits per heavy atom. The van der Waals surface area contributed by atoms with Crippen LogP contribution in [0.2, 0.25) is 0 Å². The molecule has 1 aromatic carbocycles. The predicted octanol–water partition coefficient (Wildman–Crippen LogP) is 1.86. The number of aromatic nitrogens is 3. The molecular formula is C20H28N6O2. The number of nitrogens with zero attached hydrogens (tertiary/aromatic N) is 4. The van der Waals surface area contributed by atoms with Crippen molar-refractivity contribution >= 4 is 5.96 Å². The summed E-state index contributed by atoms with van der Waals surface area (Å²) in [5, 5.41) is 15.6. The summed E-state index contributed by atoms with van der Waals surface area (Å²) >= 11 is 0. The van der Waals surface area contributed by atoms with E-state index in [-0.39, 0.29) is 6.04 Å². The van der Waals surface area contributed by atoms with Gasteiger partial charge in [0, 0.05) is 38.3 Å². The van der Waals surface area contributed by atoms with Crippen LogP contribution in [-0.4, -0.2) is 46.6 Å². The fourth-order valence-electron chi connectivity index (χ4n) is 3.56. The lowest BCUT2D eigenvalue weighted by Gasteiger charge is -2.30. The topological polar surface area (TPSA) is 85.6 Å². The van der Waals surface area contributed by atoms with Crippen molar-refractivity contribution in [3.63, 3.8) is 0 Å². The molecular weight excluding hydrogens is 356 g/mol. The third-order valence-corrected chi connectivity index (χ3v) is 5.39. The van der Waals surface area contributed by atoms with Crippen LogP contribution < -0.4 is 15.4 Å². The third-order valence-electron chi connectivity index (χ3n) is 5.39. The molecule has 1 fully saturated rings. The smallest absolute Gasteiger partial charge is 0.192 e. The molecule has 1 atom stereocenters. The number of aliphatic imine (C=N–C) groups is 1. The zero-order valence-electron chi connectivity index (χ0n) is 16.5. The normalized spacial score (nSPS) is 20.4. The number of guanidine groups is 1. The first kappa shape index (κ1) is 18.7. The van der Waals surface area contributed by atoms with E-state index in [0.717, 1.165) is 55.8 Å². The quantitative estimate of drug-likeness (QED) is 0.618. The Bertz CT molecular complexity index is 828. The molecule has 2 aliphatic rings. The minimum Gasteiger partial charge on any atom is -0.493 e. The molecule has 0 radical (unpaired) electrons. The highest BCUT2D eigenvalue weighted by Gasteiger charge is 2.23. The van der Waals surface area contributed by atoms with Gasteiger partial charge in [-0.1, -0.05) is 18.2 Å². The van der Waals surface area contributed by atoms with Gasteiger partial charge >= 0.3 is 0 Å². The first-order chi connectivity index (χ1) is 13.7. The molecule has 0 amide bonds. The van der Waals surface area contributed by atoms with E-state index < -0.39 is 0 Å². The number of hydrogen-bond acceptors (Lipinski definition) is 5. The fraction of sp³-hybridized carbons (Fsp3) is 0.550. The molecule has 8 nitrogen and oxygen atoms in total. The van der Waals surface area contributed by atoms with Crippen LogP contribution in [0.5, 0.6) is 5.75 Å². The van der Waals surface area contributed by atoms with Gasteiger partial charge in [0.15, 0.2) is 11.8 Å². The van der Waals surface area contributed by atoms with Gasteiger partial charge in [-0.15, -0.1) is 10.2 Å². The molecule has 2 aliphatic heterocycles. The van der Waals surface area contributed by atoms with E-state index >= 15 is 0 Å². The summed E-state index contributed by atoms with van der Waals surface area (Å²) in [6.45, 7) is 4.68. The van der Waals surface area contributed by atoms with Crippen molar-refractivity contribution in [2.24, 2.45) is 12.0 Å². The summed E-state index contributed by atoms with van der Waals surface area (Å²) in [5.74, 6) is 3.48. The van der Waals surface area contributed by atoms with Crippen LogP contribution in [-0.2, 0) is 18.3 Å². The molecule has 3 heterocycles. The van der Waals surface area contributed by atoms with E-state index in [4.69, 9.17) is 14.5 Å². The fourth-order valence-corrected chi connectivity index (χ4v) is 3.56. The number of ether oxygens (including phenoxy) is 2. The molecule has 1 aromatic heterocycles. The highest BCUT2D eigenvalue weighted by atomic mass is 16.5. The van der Waals surface area contributed by atoms with E-state index in [0.29, 0.717) is 19.2 Å². The first-order valence-electron chi connectivity index (χ1n) is 9.92. The van der Waals surface area contributed by atoms with Gasteiger partial charge in [0.1, 0.15) is 18.1 Å². The maximum atomic E-state index is 5.79. The van der Waals surface area contributed by atoms with E-state index in [2.05, 4.69) is 26.9 Å². The summed E-state index contributed by atoms with van der Waals surface area (Å²) in [5.41, 5.74) is 1.17. The van der Waals surface area contributed by atoms with Crippen molar-refractivity contribution in [2.75, 3.05) is 19.8 Å². The second-order valence-corrected chi connectivity index (χ2v) is 7.29. The molecule has 4 rings (SSSR count). The minimum atomic E-state index is 0.164. The maximum Gasteiger partial charge on any atom is 0.192 e. The van der Waals surface area contributed by atoms with Crippen LogP contribution in [0.4, 0.5) is 0 Å². The summed E-state index contributed by atoms with van der Waals surface area (Å²) < 4.78 is 13.3. The van der Waals surface area contributed by atoms with Gasteiger partial charge in [-0.3, -0.25) is 0 Å². The maximum absolute atomic E-state index is 5.79. The van der Waals surface area contributed by atoms with Crippen LogP contribution in [0, 0.1) is 6.92 Å². The van der Waals surface area contributed by atoms with Crippen molar-refractivity contribution in [3.05, 3.63) is 41.5 Å². The minimum absolute atomic E-state index is 0.164. The SMILES string of the molecule is Cc1nnc(CN=C(NC2CCOCC2)NC2CCOc3ccccc32)n1C. The molecule has 28 heavy (non-hydrogen) atoms. The Morgan fingerprint density at radius 3 is 2.75 bits per heavy atom. The lowest BCUT2D eigenvalue weighted by molar-refractivity contribution is 0.0821. The second kappa shape index (κ2) is 8.60. The average molecular weight is 384 g/mol. The Morgan fingerprint density at radius 2 is 1.96 bits per heavy atom. The molecule has 2 aromatic rings. The van der Waals surface area contributed by atoms with E-state index in [1.807, 2.05) is 36.7 Å². The van der Waals surface area contributed by atoms with Crippen molar-refractivity contribution in [1.29, 1.82) is 0 Å². The van der Waals surface area contributed by atoms with Gasteiger partial charge < -0.3 is 24.7 Å².